The average molecular weight is 214 g/mol. The zero-order valence-electron chi connectivity index (χ0n) is 9.96. The first-order chi connectivity index (χ1) is 7.45. The normalized spacial score (nSPS) is 11.7. The Kier molecular flexibility index (Phi) is 2.23. The second-order valence-electron chi connectivity index (χ2n) is 5.02. The van der Waals surface area contributed by atoms with Crippen molar-refractivity contribution in [2.45, 2.75) is 33.1 Å². The van der Waals surface area contributed by atoms with Gasteiger partial charge in [-0.1, -0.05) is 32.0 Å². The van der Waals surface area contributed by atoms with Crippen molar-refractivity contribution >= 4 is 11.0 Å². The molecule has 0 radical (unpaired) electrons. The van der Waals surface area contributed by atoms with Gasteiger partial charge in [0.1, 0.15) is 6.07 Å². The molecule has 2 aromatic rings. The van der Waals surface area contributed by atoms with Crippen molar-refractivity contribution in [3.05, 3.63) is 29.0 Å². The molecule has 16 heavy (non-hydrogen) atoms. The van der Waals surface area contributed by atoms with Crippen LogP contribution in [0.4, 0.5) is 0 Å². The molecule has 0 saturated carbocycles. The summed E-state index contributed by atoms with van der Waals surface area (Å²) >= 11 is 0. The van der Waals surface area contributed by atoms with Crippen LogP contribution in [0.5, 0.6) is 0 Å². The van der Waals surface area contributed by atoms with Crippen LogP contribution in [0.2, 0.25) is 0 Å². The summed E-state index contributed by atoms with van der Waals surface area (Å²) in [5, 5.41) is 13.7. The van der Waals surface area contributed by atoms with E-state index < -0.39 is 0 Å². The Morgan fingerprint density at radius 3 is 2.56 bits per heavy atom. The molecule has 1 aromatic carbocycles. The molecule has 0 aliphatic rings. The second kappa shape index (κ2) is 3.34. The lowest BCUT2D eigenvalue weighted by Gasteiger charge is -2.22. The number of nitrogens with zero attached hydrogens (tertiary/aromatic N) is 2. The van der Waals surface area contributed by atoms with Gasteiger partial charge in [-0.25, -0.2) is 0 Å². The van der Waals surface area contributed by atoms with Gasteiger partial charge in [0, 0.05) is 0 Å². The molecule has 1 aromatic heterocycles. The van der Waals surface area contributed by atoms with Gasteiger partial charge in [-0.3, -0.25) is 0 Å². The molecule has 0 fully saturated rings. The van der Waals surface area contributed by atoms with Gasteiger partial charge in [-0.15, -0.1) is 0 Å². The van der Waals surface area contributed by atoms with Crippen LogP contribution in [0.25, 0.3) is 11.0 Å². The summed E-state index contributed by atoms with van der Waals surface area (Å²) in [6.07, 6.45) is 0. The molecule has 0 atom stereocenters. The van der Waals surface area contributed by atoms with Gasteiger partial charge in [0.2, 0.25) is 0 Å². The van der Waals surface area contributed by atoms with Gasteiger partial charge in [-0.2, -0.15) is 5.26 Å². The fourth-order valence-corrected chi connectivity index (χ4v) is 2.18. The fraction of sp³-hybridized carbons (Fsp3) is 0.385. The number of hydrogen-bond acceptors (Lipinski definition) is 3. The lowest BCUT2D eigenvalue weighted by Crippen LogP contribution is -2.13. The molecule has 2 rings (SSSR count). The number of hydrogen-bond donors (Lipinski definition) is 0. The van der Waals surface area contributed by atoms with E-state index in [9.17, 15) is 0 Å². The van der Waals surface area contributed by atoms with Crippen molar-refractivity contribution in [3.8, 4) is 6.07 Å². The van der Waals surface area contributed by atoms with Crippen LogP contribution in [-0.4, -0.2) is 5.16 Å². The molecule has 0 unspecified atom stereocenters. The van der Waals surface area contributed by atoms with Crippen molar-refractivity contribution in [2.24, 2.45) is 0 Å². The van der Waals surface area contributed by atoms with Crippen molar-refractivity contribution in [2.75, 3.05) is 0 Å². The highest BCUT2D eigenvalue weighted by atomic mass is 16.5. The third-order valence-corrected chi connectivity index (χ3v) is 2.70. The maximum Gasteiger partial charge on any atom is 0.191 e. The SMILES string of the molecule is Cc1ccc2onc(C#N)c2c1C(C)(C)C. The number of aryl methyl sites for hydroxylation is 1. The number of rotatable bonds is 0. The van der Waals surface area contributed by atoms with E-state index in [1.807, 2.05) is 19.1 Å². The zero-order valence-corrected chi connectivity index (χ0v) is 9.96. The Hall–Kier alpha value is -1.82. The van der Waals surface area contributed by atoms with E-state index in [0.29, 0.717) is 11.3 Å². The van der Waals surface area contributed by atoms with Gasteiger partial charge in [-0.05, 0) is 29.5 Å². The predicted molar refractivity (Wildman–Crippen MR) is 62.2 cm³/mol. The highest BCUT2D eigenvalue weighted by Gasteiger charge is 2.23. The summed E-state index contributed by atoms with van der Waals surface area (Å²) in [5.41, 5.74) is 3.35. The van der Waals surface area contributed by atoms with Gasteiger partial charge >= 0.3 is 0 Å². The van der Waals surface area contributed by atoms with Crippen molar-refractivity contribution in [1.29, 1.82) is 5.26 Å². The fourth-order valence-electron chi connectivity index (χ4n) is 2.18. The Bertz CT molecular complexity index is 582. The first-order valence-electron chi connectivity index (χ1n) is 5.24. The van der Waals surface area contributed by atoms with Gasteiger partial charge < -0.3 is 4.52 Å². The largest absolute Gasteiger partial charge is 0.355 e. The maximum absolute atomic E-state index is 9.03. The summed E-state index contributed by atoms with van der Waals surface area (Å²) in [6, 6.07) is 5.96. The van der Waals surface area contributed by atoms with Crippen LogP contribution < -0.4 is 0 Å². The summed E-state index contributed by atoms with van der Waals surface area (Å²) in [4.78, 5) is 0. The first-order valence-corrected chi connectivity index (χ1v) is 5.24. The highest BCUT2D eigenvalue weighted by molar-refractivity contribution is 5.87. The molecular formula is C13H14N2O. The van der Waals surface area contributed by atoms with Gasteiger partial charge in [0.25, 0.3) is 0 Å². The smallest absolute Gasteiger partial charge is 0.191 e. The highest BCUT2D eigenvalue weighted by Crippen LogP contribution is 2.34. The van der Waals surface area contributed by atoms with Crippen molar-refractivity contribution in [1.82, 2.24) is 5.16 Å². The molecule has 3 heteroatoms. The molecule has 0 aliphatic carbocycles. The molecule has 0 bridgehead atoms. The minimum Gasteiger partial charge on any atom is -0.355 e. The molecule has 0 aliphatic heterocycles. The Morgan fingerprint density at radius 2 is 2.00 bits per heavy atom. The van der Waals surface area contributed by atoms with E-state index in [-0.39, 0.29) is 5.41 Å². The summed E-state index contributed by atoms with van der Waals surface area (Å²) in [6.45, 7) is 8.43. The quantitative estimate of drug-likeness (QED) is 0.676. The Balaban J connectivity index is 2.94. The molecule has 3 nitrogen and oxygen atoms in total. The lowest BCUT2D eigenvalue weighted by molar-refractivity contribution is 0.453. The number of aromatic nitrogens is 1. The predicted octanol–water partition coefficient (Wildman–Crippen LogP) is 3.31. The number of benzene rings is 1. The number of nitriles is 1. The van der Waals surface area contributed by atoms with E-state index in [1.165, 1.54) is 5.56 Å². The average Bonchev–Trinajstić information content (AvgIpc) is 2.58. The van der Waals surface area contributed by atoms with Crippen LogP contribution in [-0.2, 0) is 5.41 Å². The van der Waals surface area contributed by atoms with E-state index in [4.69, 9.17) is 9.78 Å². The van der Waals surface area contributed by atoms with Gasteiger partial charge in [0.05, 0.1) is 5.39 Å². The van der Waals surface area contributed by atoms with Crippen LogP contribution in [0.15, 0.2) is 16.7 Å². The summed E-state index contributed by atoms with van der Waals surface area (Å²) in [7, 11) is 0. The third kappa shape index (κ3) is 1.47. The van der Waals surface area contributed by atoms with Crippen molar-refractivity contribution < 1.29 is 4.52 Å². The van der Waals surface area contributed by atoms with Crippen molar-refractivity contribution in [3.63, 3.8) is 0 Å². The topological polar surface area (TPSA) is 49.8 Å². The maximum atomic E-state index is 9.03. The molecule has 0 spiro atoms. The van der Waals surface area contributed by atoms with Crippen LogP contribution in [0, 0.1) is 18.3 Å². The molecule has 0 saturated heterocycles. The minimum atomic E-state index is -0.0270. The Labute approximate surface area is 94.7 Å². The third-order valence-electron chi connectivity index (χ3n) is 2.70. The molecule has 0 N–H and O–H groups in total. The summed E-state index contributed by atoms with van der Waals surface area (Å²) < 4.78 is 5.16. The van der Waals surface area contributed by atoms with Crippen LogP contribution in [0.3, 0.4) is 0 Å². The van der Waals surface area contributed by atoms with E-state index in [0.717, 1.165) is 10.9 Å². The summed E-state index contributed by atoms with van der Waals surface area (Å²) in [5.74, 6) is 0. The standard InChI is InChI=1S/C13H14N2O/c1-8-5-6-10-11(9(7-14)15-16-10)12(8)13(2,3)4/h5-6H,1-4H3. The van der Waals surface area contributed by atoms with E-state index in [2.05, 4.69) is 32.0 Å². The molecular weight excluding hydrogens is 200 g/mol. The van der Waals surface area contributed by atoms with Crippen LogP contribution in [0.1, 0.15) is 37.6 Å². The van der Waals surface area contributed by atoms with Crippen LogP contribution >= 0.6 is 0 Å². The minimum absolute atomic E-state index is 0.0270. The Morgan fingerprint density at radius 1 is 1.31 bits per heavy atom. The lowest BCUT2D eigenvalue weighted by atomic mass is 9.81. The zero-order chi connectivity index (χ0) is 11.9. The molecule has 0 amide bonds. The van der Waals surface area contributed by atoms with Gasteiger partial charge in [0.15, 0.2) is 11.3 Å². The molecule has 1 heterocycles. The number of fused-ring (bicyclic) bond motifs is 1. The molecule has 82 valence electrons. The first kappa shape index (κ1) is 10.7. The van der Waals surface area contributed by atoms with E-state index >= 15 is 0 Å². The monoisotopic (exact) mass is 214 g/mol. The van der Waals surface area contributed by atoms with E-state index in [1.54, 1.807) is 0 Å². The second-order valence-corrected chi connectivity index (χ2v) is 5.02.